The van der Waals surface area contributed by atoms with Gasteiger partial charge in [0.05, 0.1) is 37.5 Å². The minimum atomic E-state index is -3.84. The molecule has 1 heterocycles. The Hall–Kier alpha value is -3.18. The zero-order chi connectivity index (χ0) is 21.3. The number of anilines is 1. The molecular weight excluding hydrogens is 400 g/mol. The molecule has 0 radical (unpaired) electrons. The number of carbonyl (C=O) groups excluding carboxylic acids is 2. The Kier molecular flexibility index (Phi) is 7.92. The fourth-order valence-electron chi connectivity index (χ4n) is 2.28. The molecule has 1 aromatic carbocycles. The van der Waals surface area contributed by atoms with E-state index in [1.807, 2.05) is 0 Å². The van der Waals surface area contributed by atoms with Gasteiger partial charge in [0, 0.05) is 25.2 Å². The lowest BCUT2D eigenvalue weighted by Crippen LogP contribution is -2.35. The normalized spacial score (nSPS) is 10.8. The molecule has 10 nitrogen and oxygen atoms in total. The molecule has 156 valence electrons. The number of hydrogen-bond acceptors (Lipinski definition) is 7. The predicted molar refractivity (Wildman–Crippen MR) is 105 cm³/mol. The van der Waals surface area contributed by atoms with Gasteiger partial charge >= 0.3 is 0 Å². The van der Waals surface area contributed by atoms with Crippen LogP contribution in [-0.2, 0) is 19.6 Å². The largest absolute Gasteiger partial charge is 0.493 e. The fraction of sp³-hybridized carbons (Fsp3) is 0.278. The molecule has 2 aromatic rings. The number of carbonyl (C=O) groups is 2. The molecule has 0 saturated heterocycles. The second kappa shape index (κ2) is 10.4. The second-order valence-corrected chi connectivity index (χ2v) is 7.50. The van der Waals surface area contributed by atoms with Crippen molar-refractivity contribution >= 4 is 27.5 Å². The van der Waals surface area contributed by atoms with E-state index in [0.717, 1.165) is 0 Å². The summed E-state index contributed by atoms with van der Waals surface area (Å²) in [6.45, 7) is -0.372. The third kappa shape index (κ3) is 6.73. The number of nitrogens with one attached hydrogen (secondary N) is 3. The standard InChI is InChI=1S/C18H22N4O6S/c1-27-15-6-5-14(10-16(15)28-2)29(25,26)21-9-7-17(23)20-12-18(24)22-13-4-3-8-19-11-13/h3-6,8,10-11,21H,7,9,12H2,1-2H3,(H,20,23)(H,22,24). The maximum Gasteiger partial charge on any atom is 0.243 e. The first-order chi connectivity index (χ1) is 13.9. The maximum absolute atomic E-state index is 12.3. The number of hydrogen-bond donors (Lipinski definition) is 3. The summed E-state index contributed by atoms with van der Waals surface area (Å²) >= 11 is 0. The minimum absolute atomic E-state index is 0.0218. The molecule has 0 unspecified atom stereocenters. The van der Waals surface area contributed by atoms with Gasteiger partial charge in [0.25, 0.3) is 0 Å². The van der Waals surface area contributed by atoms with Gasteiger partial charge in [-0.2, -0.15) is 0 Å². The number of pyridine rings is 1. The molecule has 2 amide bonds. The summed E-state index contributed by atoms with van der Waals surface area (Å²) in [5.41, 5.74) is 0.509. The summed E-state index contributed by atoms with van der Waals surface area (Å²) in [5.74, 6) is -0.221. The highest BCUT2D eigenvalue weighted by atomic mass is 32.2. The van der Waals surface area contributed by atoms with E-state index in [4.69, 9.17) is 9.47 Å². The van der Waals surface area contributed by atoms with Crippen LogP contribution in [-0.4, -0.2) is 52.5 Å². The lowest BCUT2D eigenvalue weighted by molar-refractivity contribution is -0.124. The van der Waals surface area contributed by atoms with Crippen molar-refractivity contribution in [3.63, 3.8) is 0 Å². The van der Waals surface area contributed by atoms with Crippen molar-refractivity contribution in [1.29, 1.82) is 0 Å². The highest BCUT2D eigenvalue weighted by Gasteiger charge is 2.17. The van der Waals surface area contributed by atoms with Gasteiger partial charge in [-0.25, -0.2) is 13.1 Å². The summed E-state index contributed by atoms with van der Waals surface area (Å²) in [6, 6.07) is 7.49. The van der Waals surface area contributed by atoms with Crippen LogP contribution in [0.25, 0.3) is 0 Å². The van der Waals surface area contributed by atoms with E-state index in [2.05, 4.69) is 20.3 Å². The number of benzene rings is 1. The summed E-state index contributed by atoms with van der Waals surface area (Å²) in [7, 11) is -0.994. The fourth-order valence-corrected chi connectivity index (χ4v) is 3.32. The Balaban J connectivity index is 1.79. The second-order valence-electron chi connectivity index (χ2n) is 5.73. The SMILES string of the molecule is COc1ccc(S(=O)(=O)NCCC(=O)NCC(=O)Nc2cccnc2)cc1OC. The Bertz CT molecular complexity index is 950. The van der Waals surface area contributed by atoms with Crippen molar-refractivity contribution < 1.29 is 27.5 Å². The number of nitrogens with zero attached hydrogens (tertiary/aromatic N) is 1. The van der Waals surface area contributed by atoms with E-state index < -0.39 is 21.8 Å². The topological polar surface area (TPSA) is 136 Å². The van der Waals surface area contributed by atoms with Crippen molar-refractivity contribution in [2.45, 2.75) is 11.3 Å². The molecule has 0 aliphatic carbocycles. The molecule has 0 aliphatic heterocycles. The van der Waals surface area contributed by atoms with Gasteiger partial charge in [0.1, 0.15) is 0 Å². The molecule has 0 atom stereocenters. The third-order valence-electron chi connectivity index (χ3n) is 3.70. The molecule has 0 fully saturated rings. The minimum Gasteiger partial charge on any atom is -0.493 e. The first-order valence-electron chi connectivity index (χ1n) is 8.54. The van der Waals surface area contributed by atoms with E-state index in [0.29, 0.717) is 11.4 Å². The quantitative estimate of drug-likeness (QED) is 0.508. The van der Waals surface area contributed by atoms with Crippen LogP contribution >= 0.6 is 0 Å². The zero-order valence-corrected chi connectivity index (χ0v) is 16.8. The first-order valence-corrected chi connectivity index (χ1v) is 10.0. The van der Waals surface area contributed by atoms with E-state index in [1.54, 1.807) is 18.3 Å². The van der Waals surface area contributed by atoms with E-state index in [9.17, 15) is 18.0 Å². The van der Waals surface area contributed by atoms with Crippen LogP contribution in [0.2, 0.25) is 0 Å². The summed E-state index contributed by atoms with van der Waals surface area (Å²) in [5, 5.41) is 4.99. The van der Waals surface area contributed by atoms with Gasteiger partial charge in [-0.15, -0.1) is 0 Å². The molecule has 0 bridgehead atoms. The number of amides is 2. The highest BCUT2D eigenvalue weighted by molar-refractivity contribution is 7.89. The van der Waals surface area contributed by atoms with Gasteiger partial charge < -0.3 is 20.1 Å². The van der Waals surface area contributed by atoms with Crippen LogP contribution < -0.4 is 24.8 Å². The summed E-state index contributed by atoms with van der Waals surface area (Å²) in [6.07, 6.45) is 2.91. The molecule has 29 heavy (non-hydrogen) atoms. The predicted octanol–water partition coefficient (Wildman–Crippen LogP) is 0.522. The highest BCUT2D eigenvalue weighted by Crippen LogP contribution is 2.29. The number of methoxy groups -OCH3 is 2. The number of ether oxygens (including phenoxy) is 2. The van der Waals surface area contributed by atoms with Crippen molar-refractivity contribution in [1.82, 2.24) is 15.0 Å². The molecule has 0 aliphatic rings. The van der Waals surface area contributed by atoms with Crippen LogP contribution in [0.5, 0.6) is 11.5 Å². The smallest absolute Gasteiger partial charge is 0.243 e. The van der Waals surface area contributed by atoms with Crippen LogP contribution in [0.1, 0.15) is 6.42 Å². The van der Waals surface area contributed by atoms with Gasteiger partial charge in [-0.3, -0.25) is 14.6 Å². The van der Waals surface area contributed by atoms with Crippen molar-refractivity contribution in [2.75, 3.05) is 32.6 Å². The van der Waals surface area contributed by atoms with E-state index in [1.165, 1.54) is 38.6 Å². The number of rotatable bonds is 10. The van der Waals surface area contributed by atoms with Crippen LogP contribution in [0, 0.1) is 0 Å². The molecule has 11 heteroatoms. The van der Waals surface area contributed by atoms with Crippen molar-refractivity contribution in [2.24, 2.45) is 0 Å². The third-order valence-corrected chi connectivity index (χ3v) is 5.16. The average molecular weight is 422 g/mol. The van der Waals surface area contributed by atoms with E-state index in [-0.39, 0.29) is 30.2 Å². The van der Waals surface area contributed by atoms with Crippen LogP contribution in [0.15, 0.2) is 47.6 Å². The van der Waals surface area contributed by atoms with Crippen LogP contribution in [0.3, 0.4) is 0 Å². The maximum atomic E-state index is 12.3. The Morgan fingerprint density at radius 3 is 2.48 bits per heavy atom. The van der Waals surface area contributed by atoms with E-state index >= 15 is 0 Å². The Morgan fingerprint density at radius 2 is 1.83 bits per heavy atom. The zero-order valence-electron chi connectivity index (χ0n) is 16.0. The van der Waals surface area contributed by atoms with Gasteiger partial charge in [0.15, 0.2) is 11.5 Å². The van der Waals surface area contributed by atoms with Gasteiger partial charge in [0.2, 0.25) is 21.8 Å². The Morgan fingerprint density at radius 1 is 1.07 bits per heavy atom. The lowest BCUT2D eigenvalue weighted by Gasteiger charge is -2.11. The molecule has 0 saturated carbocycles. The number of sulfonamides is 1. The van der Waals surface area contributed by atoms with Crippen molar-refractivity contribution in [3.05, 3.63) is 42.7 Å². The number of aromatic nitrogens is 1. The molecule has 2 rings (SSSR count). The Labute approximate surface area is 168 Å². The molecular formula is C18H22N4O6S. The van der Waals surface area contributed by atoms with Crippen molar-refractivity contribution in [3.8, 4) is 11.5 Å². The first kappa shape index (κ1) is 22.1. The van der Waals surface area contributed by atoms with Gasteiger partial charge in [-0.1, -0.05) is 0 Å². The average Bonchev–Trinajstić information content (AvgIpc) is 2.72. The monoisotopic (exact) mass is 422 g/mol. The summed E-state index contributed by atoms with van der Waals surface area (Å²) < 4.78 is 37.2. The molecule has 1 aromatic heterocycles. The molecule has 3 N–H and O–H groups in total. The lowest BCUT2D eigenvalue weighted by atomic mass is 10.3. The molecule has 0 spiro atoms. The van der Waals surface area contributed by atoms with Crippen LogP contribution in [0.4, 0.5) is 5.69 Å². The van der Waals surface area contributed by atoms with Gasteiger partial charge in [-0.05, 0) is 24.3 Å². The summed E-state index contributed by atoms with van der Waals surface area (Å²) in [4.78, 5) is 27.4.